The fourth-order valence-corrected chi connectivity index (χ4v) is 2.79. The first kappa shape index (κ1) is 17.2. The Morgan fingerprint density at radius 3 is 2.88 bits per heavy atom. The molecule has 0 fully saturated rings. The van der Waals surface area contributed by atoms with Gasteiger partial charge >= 0.3 is 0 Å². The van der Waals surface area contributed by atoms with Crippen molar-refractivity contribution in [1.29, 1.82) is 0 Å². The van der Waals surface area contributed by atoms with E-state index in [0.29, 0.717) is 28.7 Å². The third kappa shape index (κ3) is 3.41. The first-order valence-corrected chi connectivity index (χ1v) is 8.31. The Morgan fingerprint density at radius 1 is 1.36 bits per heavy atom. The topological polar surface area (TPSA) is 99.5 Å². The quantitative estimate of drug-likeness (QED) is 0.594. The van der Waals surface area contributed by atoms with Gasteiger partial charge in [-0.3, -0.25) is 9.59 Å². The van der Waals surface area contributed by atoms with Gasteiger partial charge in [-0.1, -0.05) is 26.0 Å². The number of hydrogen-bond donors (Lipinski definition) is 3. The van der Waals surface area contributed by atoms with E-state index >= 15 is 0 Å². The third-order valence-corrected chi connectivity index (χ3v) is 4.37. The average Bonchev–Trinajstić information content (AvgIpc) is 3.03. The maximum Gasteiger partial charge on any atom is 0.259 e. The second-order valence-electron chi connectivity index (χ2n) is 6.97. The highest BCUT2D eigenvalue weighted by atomic mass is 16.3. The predicted octanol–water partition coefficient (Wildman–Crippen LogP) is 1.70. The number of fused-ring (bicyclic) bond motifs is 3. The van der Waals surface area contributed by atoms with Crippen LogP contribution in [0.25, 0.3) is 16.6 Å². The van der Waals surface area contributed by atoms with Crippen LogP contribution < -0.4 is 10.9 Å². The molecule has 0 bridgehead atoms. The van der Waals surface area contributed by atoms with Crippen LogP contribution in [-0.4, -0.2) is 38.8 Å². The molecule has 0 unspecified atom stereocenters. The van der Waals surface area contributed by atoms with Crippen molar-refractivity contribution in [2.75, 3.05) is 13.2 Å². The molecule has 0 atom stereocenters. The van der Waals surface area contributed by atoms with Crippen molar-refractivity contribution < 1.29 is 9.90 Å². The van der Waals surface area contributed by atoms with Crippen molar-refractivity contribution in [1.82, 2.24) is 19.9 Å². The Hall–Kier alpha value is -2.67. The van der Waals surface area contributed by atoms with E-state index < -0.39 is 0 Å². The van der Waals surface area contributed by atoms with Gasteiger partial charge in [0.1, 0.15) is 11.2 Å². The van der Waals surface area contributed by atoms with Gasteiger partial charge < -0.3 is 15.4 Å². The highest BCUT2D eigenvalue weighted by Gasteiger charge is 2.18. The van der Waals surface area contributed by atoms with Gasteiger partial charge in [0.2, 0.25) is 0 Å². The number of nitrogens with one attached hydrogen (secondary N) is 2. The number of amides is 1. The Morgan fingerprint density at radius 2 is 2.12 bits per heavy atom. The molecule has 3 aromatic rings. The standard InChI is InChI=1S/C18H22N4O3/c1-18(2,11-23)8-5-9-19-16(24)13-10-20-22-14-7-4-3-6-12(14)17(25)21-15(13)22/h3-4,6-7,10,23H,5,8-9,11H2,1-2H3,(H,19,24)(H,21,25). The van der Waals surface area contributed by atoms with E-state index in [9.17, 15) is 14.7 Å². The number of aliphatic hydroxyl groups excluding tert-OH is 1. The molecule has 7 heteroatoms. The number of H-pyrrole nitrogens is 1. The molecule has 0 spiro atoms. The van der Waals surface area contributed by atoms with E-state index in [1.807, 2.05) is 19.9 Å². The smallest absolute Gasteiger partial charge is 0.259 e. The lowest BCUT2D eigenvalue weighted by atomic mass is 9.89. The summed E-state index contributed by atoms with van der Waals surface area (Å²) in [4.78, 5) is 27.4. The normalized spacial score (nSPS) is 12.0. The van der Waals surface area contributed by atoms with Gasteiger partial charge in [0.15, 0.2) is 0 Å². The maximum absolute atomic E-state index is 12.4. The summed E-state index contributed by atoms with van der Waals surface area (Å²) in [5.41, 5.74) is 0.979. The van der Waals surface area contributed by atoms with Crippen molar-refractivity contribution in [3.63, 3.8) is 0 Å². The summed E-state index contributed by atoms with van der Waals surface area (Å²) in [6.07, 6.45) is 3.03. The third-order valence-electron chi connectivity index (χ3n) is 4.37. The molecule has 25 heavy (non-hydrogen) atoms. The average molecular weight is 342 g/mol. The Kier molecular flexibility index (Phi) is 4.59. The number of hydrogen-bond acceptors (Lipinski definition) is 4. The number of aliphatic hydroxyl groups is 1. The summed E-state index contributed by atoms with van der Waals surface area (Å²) in [7, 11) is 0. The minimum Gasteiger partial charge on any atom is -0.396 e. The van der Waals surface area contributed by atoms with Crippen molar-refractivity contribution >= 4 is 22.5 Å². The van der Waals surface area contributed by atoms with Crippen molar-refractivity contribution in [2.45, 2.75) is 26.7 Å². The van der Waals surface area contributed by atoms with Crippen LogP contribution in [0.4, 0.5) is 0 Å². The zero-order valence-corrected chi connectivity index (χ0v) is 14.4. The lowest BCUT2D eigenvalue weighted by Gasteiger charge is -2.21. The summed E-state index contributed by atoms with van der Waals surface area (Å²) in [5.74, 6) is -0.275. The van der Waals surface area contributed by atoms with Crippen LogP contribution in [-0.2, 0) is 0 Å². The lowest BCUT2D eigenvalue weighted by Crippen LogP contribution is -2.26. The fraction of sp³-hybridized carbons (Fsp3) is 0.389. The van der Waals surface area contributed by atoms with Crippen LogP contribution in [0.5, 0.6) is 0 Å². The number of carbonyl (C=O) groups excluding carboxylic acids is 1. The van der Waals surface area contributed by atoms with Gasteiger partial charge in [-0.05, 0) is 30.4 Å². The molecule has 0 aliphatic heterocycles. The van der Waals surface area contributed by atoms with E-state index in [4.69, 9.17) is 0 Å². The minimum atomic E-state index is -0.275. The summed E-state index contributed by atoms with van der Waals surface area (Å²) in [6.45, 7) is 4.58. The van der Waals surface area contributed by atoms with E-state index in [-0.39, 0.29) is 23.5 Å². The molecule has 3 rings (SSSR count). The van der Waals surface area contributed by atoms with Crippen molar-refractivity contribution in [3.05, 3.63) is 46.4 Å². The largest absolute Gasteiger partial charge is 0.396 e. The first-order chi connectivity index (χ1) is 11.9. The zero-order valence-electron chi connectivity index (χ0n) is 14.4. The second kappa shape index (κ2) is 6.68. The molecule has 132 valence electrons. The number of benzene rings is 1. The van der Waals surface area contributed by atoms with Gasteiger partial charge in [-0.25, -0.2) is 4.52 Å². The zero-order chi connectivity index (χ0) is 18.0. The number of carbonyl (C=O) groups is 1. The highest BCUT2D eigenvalue weighted by Crippen LogP contribution is 2.20. The van der Waals surface area contributed by atoms with E-state index in [2.05, 4.69) is 15.4 Å². The van der Waals surface area contributed by atoms with Gasteiger partial charge in [-0.2, -0.15) is 5.10 Å². The Balaban J connectivity index is 1.80. The Bertz CT molecular complexity index is 971. The lowest BCUT2D eigenvalue weighted by molar-refractivity contribution is 0.0950. The molecule has 0 saturated carbocycles. The number of aromatic nitrogens is 3. The van der Waals surface area contributed by atoms with Gasteiger partial charge in [0.05, 0.1) is 17.1 Å². The molecular formula is C18H22N4O3. The molecule has 2 heterocycles. The predicted molar refractivity (Wildman–Crippen MR) is 95.8 cm³/mol. The maximum atomic E-state index is 12.4. The van der Waals surface area contributed by atoms with Crippen LogP contribution in [0, 0.1) is 5.41 Å². The summed E-state index contributed by atoms with van der Waals surface area (Å²) >= 11 is 0. The van der Waals surface area contributed by atoms with Crippen LogP contribution in [0.2, 0.25) is 0 Å². The number of aromatic amines is 1. The molecule has 1 aromatic carbocycles. The monoisotopic (exact) mass is 342 g/mol. The summed E-state index contributed by atoms with van der Waals surface area (Å²) in [5, 5.41) is 16.9. The number of rotatable bonds is 6. The van der Waals surface area contributed by atoms with Gasteiger partial charge in [-0.15, -0.1) is 0 Å². The van der Waals surface area contributed by atoms with E-state index in [0.717, 1.165) is 12.8 Å². The van der Waals surface area contributed by atoms with Gasteiger partial charge in [0.25, 0.3) is 11.5 Å². The van der Waals surface area contributed by atoms with E-state index in [1.54, 1.807) is 22.7 Å². The van der Waals surface area contributed by atoms with Crippen LogP contribution in [0.3, 0.4) is 0 Å². The molecule has 3 N–H and O–H groups in total. The molecule has 0 radical (unpaired) electrons. The number of nitrogens with zero attached hydrogens (tertiary/aromatic N) is 2. The summed E-state index contributed by atoms with van der Waals surface area (Å²) < 4.78 is 1.57. The molecule has 7 nitrogen and oxygen atoms in total. The van der Waals surface area contributed by atoms with Gasteiger partial charge in [0, 0.05) is 13.2 Å². The Labute approximate surface area is 144 Å². The minimum absolute atomic E-state index is 0.114. The van der Waals surface area contributed by atoms with Crippen LogP contribution in [0.15, 0.2) is 35.3 Å². The molecular weight excluding hydrogens is 320 g/mol. The molecule has 2 aromatic heterocycles. The first-order valence-electron chi connectivity index (χ1n) is 8.31. The molecule has 0 saturated heterocycles. The van der Waals surface area contributed by atoms with Crippen LogP contribution in [0.1, 0.15) is 37.0 Å². The summed E-state index contributed by atoms with van der Waals surface area (Å²) in [6, 6.07) is 7.13. The SMILES string of the molecule is CC(C)(CO)CCCNC(=O)c1cnn2c1[nH]c(=O)c1ccccc12. The van der Waals surface area contributed by atoms with Crippen molar-refractivity contribution in [2.24, 2.45) is 5.41 Å². The highest BCUT2D eigenvalue weighted by molar-refractivity contribution is 6.00. The van der Waals surface area contributed by atoms with Crippen LogP contribution >= 0.6 is 0 Å². The molecule has 1 amide bonds. The molecule has 0 aliphatic carbocycles. The van der Waals surface area contributed by atoms with Crippen molar-refractivity contribution in [3.8, 4) is 0 Å². The number of para-hydroxylation sites is 1. The van der Waals surface area contributed by atoms with E-state index in [1.165, 1.54) is 6.20 Å². The fourth-order valence-electron chi connectivity index (χ4n) is 2.79. The molecule has 0 aliphatic rings. The second-order valence-corrected chi connectivity index (χ2v) is 6.97.